The summed E-state index contributed by atoms with van der Waals surface area (Å²) >= 11 is 2.83. The number of benzene rings is 3. The first-order valence-electron chi connectivity index (χ1n) is 11.9. The van der Waals surface area contributed by atoms with Gasteiger partial charge in [-0.05, 0) is 73.3 Å². The van der Waals surface area contributed by atoms with Crippen molar-refractivity contribution in [3.05, 3.63) is 118 Å². The Morgan fingerprint density at radius 1 is 0.868 bits per heavy atom. The van der Waals surface area contributed by atoms with Crippen molar-refractivity contribution in [2.24, 2.45) is 0 Å². The fraction of sp³-hybridized carbons (Fsp3) is 0.100. The topological polar surface area (TPSA) is 87.3 Å². The number of rotatable bonds is 9. The fourth-order valence-electron chi connectivity index (χ4n) is 3.61. The maximum Gasteiger partial charge on any atom is 0.272 e. The summed E-state index contributed by atoms with van der Waals surface area (Å²) in [5.74, 6) is -0.706. The standard InChI is InChI=1S/C30H27N3O3S2/c1-20-13-14-26(21(2)16-20)32-28(34)19-38-24-11-6-10-23(17-24)31-30(36)27(18-25-12-7-15-37-25)33-29(35)22-8-4-3-5-9-22/h3-18H,19H2,1-2H3,(H,31,36)(H,32,34)(H,33,35)/b27-18-. The lowest BCUT2D eigenvalue weighted by Crippen LogP contribution is -2.30. The van der Waals surface area contributed by atoms with Gasteiger partial charge in [0.15, 0.2) is 0 Å². The lowest BCUT2D eigenvalue weighted by Gasteiger charge is -2.12. The lowest BCUT2D eigenvalue weighted by atomic mass is 10.1. The number of thioether (sulfide) groups is 1. The van der Waals surface area contributed by atoms with Gasteiger partial charge in [0.2, 0.25) is 5.91 Å². The van der Waals surface area contributed by atoms with E-state index in [1.807, 2.05) is 67.8 Å². The van der Waals surface area contributed by atoms with Crippen molar-refractivity contribution in [1.29, 1.82) is 0 Å². The lowest BCUT2D eigenvalue weighted by molar-refractivity contribution is -0.114. The Labute approximate surface area is 230 Å². The average Bonchev–Trinajstić information content (AvgIpc) is 3.43. The predicted octanol–water partition coefficient (Wildman–Crippen LogP) is 6.51. The van der Waals surface area contributed by atoms with E-state index in [-0.39, 0.29) is 23.3 Å². The number of nitrogens with one attached hydrogen (secondary N) is 3. The van der Waals surface area contributed by atoms with Crippen molar-refractivity contribution in [1.82, 2.24) is 5.32 Å². The number of hydrogen-bond donors (Lipinski definition) is 3. The van der Waals surface area contributed by atoms with Gasteiger partial charge in [-0.15, -0.1) is 23.1 Å². The molecule has 3 amide bonds. The van der Waals surface area contributed by atoms with Crippen LogP contribution >= 0.6 is 23.1 Å². The summed E-state index contributed by atoms with van der Waals surface area (Å²) in [5, 5.41) is 10.4. The van der Waals surface area contributed by atoms with Crippen molar-refractivity contribution >= 4 is 58.3 Å². The van der Waals surface area contributed by atoms with Crippen molar-refractivity contribution in [2.45, 2.75) is 18.7 Å². The van der Waals surface area contributed by atoms with E-state index in [1.165, 1.54) is 23.1 Å². The summed E-state index contributed by atoms with van der Waals surface area (Å²) in [5.41, 5.74) is 4.09. The summed E-state index contributed by atoms with van der Waals surface area (Å²) in [6, 6.07) is 25.6. The highest BCUT2D eigenvalue weighted by Crippen LogP contribution is 2.23. The quantitative estimate of drug-likeness (QED) is 0.167. The molecule has 0 spiro atoms. The summed E-state index contributed by atoms with van der Waals surface area (Å²) in [6.45, 7) is 3.98. The second-order valence-electron chi connectivity index (χ2n) is 8.53. The maximum absolute atomic E-state index is 13.2. The highest BCUT2D eigenvalue weighted by molar-refractivity contribution is 8.00. The zero-order valence-electron chi connectivity index (χ0n) is 21.0. The van der Waals surface area contributed by atoms with Gasteiger partial charge >= 0.3 is 0 Å². The Kier molecular flexibility index (Phi) is 9.13. The zero-order chi connectivity index (χ0) is 26.9. The van der Waals surface area contributed by atoms with Crippen LogP contribution < -0.4 is 16.0 Å². The zero-order valence-corrected chi connectivity index (χ0v) is 22.6. The number of carbonyl (C=O) groups is 3. The van der Waals surface area contributed by atoms with Gasteiger partial charge in [0.1, 0.15) is 5.70 Å². The van der Waals surface area contributed by atoms with E-state index in [4.69, 9.17) is 0 Å². The fourth-order valence-corrected chi connectivity index (χ4v) is 5.02. The van der Waals surface area contributed by atoms with Crippen LogP contribution in [0.2, 0.25) is 0 Å². The van der Waals surface area contributed by atoms with E-state index in [1.54, 1.807) is 42.5 Å². The molecule has 3 N–H and O–H groups in total. The Morgan fingerprint density at radius 3 is 2.42 bits per heavy atom. The van der Waals surface area contributed by atoms with Crippen LogP contribution in [-0.2, 0) is 9.59 Å². The van der Waals surface area contributed by atoms with Gasteiger partial charge in [0.25, 0.3) is 11.8 Å². The van der Waals surface area contributed by atoms with E-state index in [0.717, 1.165) is 26.6 Å². The molecule has 0 atom stereocenters. The highest BCUT2D eigenvalue weighted by Gasteiger charge is 2.16. The second kappa shape index (κ2) is 12.9. The smallest absolute Gasteiger partial charge is 0.272 e. The minimum absolute atomic E-state index is 0.110. The molecular formula is C30H27N3O3S2. The number of hydrogen-bond acceptors (Lipinski definition) is 5. The molecule has 0 radical (unpaired) electrons. The van der Waals surface area contributed by atoms with Gasteiger partial charge in [-0.1, -0.05) is 48.0 Å². The van der Waals surface area contributed by atoms with Crippen molar-refractivity contribution in [2.75, 3.05) is 16.4 Å². The predicted molar refractivity (Wildman–Crippen MR) is 157 cm³/mol. The van der Waals surface area contributed by atoms with Gasteiger partial charge in [-0.2, -0.15) is 0 Å². The number of aryl methyl sites for hydroxylation is 2. The van der Waals surface area contributed by atoms with Crippen LogP contribution in [0.5, 0.6) is 0 Å². The molecule has 0 saturated carbocycles. The van der Waals surface area contributed by atoms with E-state index >= 15 is 0 Å². The first-order chi connectivity index (χ1) is 18.4. The Morgan fingerprint density at radius 2 is 1.68 bits per heavy atom. The molecule has 0 bridgehead atoms. The largest absolute Gasteiger partial charge is 0.325 e. The Bertz CT molecular complexity index is 1470. The molecule has 3 aromatic carbocycles. The van der Waals surface area contributed by atoms with Crippen LogP contribution in [0.4, 0.5) is 11.4 Å². The molecular weight excluding hydrogens is 514 g/mol. The molecule has 0 unspecified atom stereocenters. The van der Waals surface area contributed by atoms with Crippen LogP contribution in [0.25, 0.3) is 6.08 Å². The van der Waals surface area contributed by atoms with Gasteiger partial charge in [0, 0.05) is 26.7 Å². The number of thiophene rings is 1. The molecule has 192 valence electrons. The monoisotopic (exact) mass is 541 g/mol. The summed E-state index contributed by atoms with van der Waals surface area (Å²) in [6.07, 6.45) is 1.65. The molecule has 6 nitrogen and oxygen atoms in total. The van der Waals surface area contributed by atoms with E-state index in [0.29, 0.717) is 11.3 Å². The molecule has 0 aliphatic heterocycles. The molecule has 0 aliphatic carbocycles. The first kappa shape index (κ1) is 26.9. The molecule has 0 aliphatic rings. The van der Waals surface area contributed by atoms with Crippen LogP contribution in [0, 0.1) is 13.8 Å². The summed E-state index contributed by atoms with van der Waals surface area (Å²) < 4.78 is 0. The summed E-state index contributed by atoms with van der Waals surface area (Å²) in [4.78, 5) is 40.1. The van der Waals surface area contributed by atoms with Gasteiger partial charge in [-0.25, -0.2) is 0 Å². The molecule has 1 heterocycles. The minimum atomic E-state index is -0.447. The van der Waals surface area contributed by atoms with Gasteiger partial charge in [0.05, 0.1) is 5.75 Å². The van der Waals surface area contributed by atoms with E-state index in [9.17, 15) is 14.4 Å². The summed E-state index contributed by atoms with van der Waals surface area (Å²) in [7, 11) is 0. The molecule has 4 aromatic rings. The van der Waals surface area contributed by atoms with Crippen LogP contribution in [-0.4, -0.2) is 23.5 Å². The Balaban J connectivity index is 1.41. The molecule has 0 fully saturated rings. The third-order valence-electron chi connectivity index (χ3n) is 5.48. The minimum Gasteiger partial charge on any atom is -0.325 e. The number of amides is 3. The molecule has 0 saturated heterocycles. The second-order valence-corrected chi connectivity index (χ2v) is 10.6. The normalized spacial score (nSPS) is 11.1. The van der Waals surface area contributed by atoms with Crippen molar-refractivity contribution in [3.8, 4) is 0 Å². The van der Waals surface area contributed by atoms with E-state index in [2.05, 4.69) is 16.0 Å². The molecule has 4 rings (SSSR count). The highest BCUT2D eigenvalue weighted by atomic mass is 32.2. The third-order valence-corrected chi connectivity index (χ3v) is 7.29. The van der Waals surface area contributed by atoms with Crippen LogP contribution in [0.3, 0.4) is 0 Å². The number of carbonyl (C=O) groups excluding carboxylic acids is 3. The SMILES string of the molecule is Cc1ccc(NC(=O)CSc2cccc(NC(=O)/C(=C/c3cccs3)NC(=O)c3ccccc3)c2)c(C)c1. The molecule has 8 heteroatoms. The molecule has 1 aromatic heterocycles. The van der Waals surface area contributed by atoms with Crippen LogP contribution in [0.1, 0.15) is 26.4 Å². The van der Waals surface area contributed by atoms with Crippen molar-refractivity contribution < 1.29 is 14.4 Å². The van der Waals surface area contributed by atoms with Crippen LogP contribution in [0.15, 0.2) is 101 Å². The van der Waals surface area contributed by atoms with E-state index < -0.39 is 5.91 Å². The Hall–Kier alpha value is -4.14. The maximum atomic E-state index is 13.2. The molecule has 38 heavy (non-hydrogen) atoms. The number of anilines is 2. The first-order valence-corrected chi connectivity index (χ1v) is 13.8. The van der Waals surface area contributed by atoms with Gasteiger partial charge in [-0.3, -0.25) is 14.4 Å². The third kappa shape index (κ3) is 7.68. The average molecular weight is 542 g/mol. The van der Waals surface area contributed by atoms with Crippen molar-refractivity contribution in [3.63, 3.8) is 0 Å². The van der Waals surface area contributed by atoms with Gasteiger partial charge < -0.3 is 16.0 Å².